The Bertz CT molecular complexity index is 4660. The Morgan fingerprint density at radius 1 is 0.297 bits per heavy atom. The van der Waals surface area contributed by atoms with Gasteiger partial charge in [-0.2, -0.15) is 9.97 Å². The van der Waals surface area contributed by atoms with E-state index in [0.717, 1.165) is 40.9 Å². The molecule has 15 aromatic rings. The van der Waals surface area contributed by atoms with Crippen molar-refractivity contribution in [3.63, 3.8) is 0 Å². The molecule has 0 unspecified atom stereocenters. The predicted molar refractivity (Wildman–Crippen MR) is 310 cm³/mol. The lowest BCUT2D eigenvalue weighted by molar-refractivity contribution is 0.903. The molecule has 0 spiro atoms. The molecular formula is C69H43N5. The van der Waals surface area contributed by atoms with Crippen molar-refractivity contribution in [3.8, 4) is 45.5 Å². The lowest BCUT2D eigenvalue weighted by Gasteiger charge is -2.15. The van der Waals surface area contributed by atoms with E-state index in [1.54, 1.807) is 0 Å². The van der Waals surface area contributed by atoms with Crippen molar-refractivity contribution in [3.05, 3.63) is 242 Å². The molecule has 0 saturated carbocycles. The molecule has 0 aliphatic heterocycles. The van der Waals surface area contributed by atoms with Crippen LogP contribution in [0.3, 0.4) is 0 Å². The fourth-order valence-corrected chi connectivity index (χ4v) is 12.5. The lowest BCUT2D eigenvalue weighted by atomic mass is 9.93. The van der Waals surface area contributed by atoms with Crippen LogP contribution in [0.15, 0.2) is 231 Å². The summed E-state index contributed by atoms with van der Waals surface area (Å²) in [4.78, 5) is 16.5. The topological polar surface area (TPSA) is 48.5 Å². The molecule has 0 N–H and O–H groups in total. The van der Waals surface area contributed by atoms with Gasteiger partial charge in [0.05, 0.1) is 22.2 Å². The molecule has 12 aromatic carbocycles. The zero-order valence-electron chi connectivity index (χ0n) is 40.2. The smallest absolute Gasteiger partial charge is 0.238 e. The molecule has 0 atom stereocenters. The number of aromatic nitrogens is 5. The standard InChI is InChI=1S/C69H43N5/c1-2-16-46(17-3-1)73-63-28-14-12-26-57(63)61-38-42(32-36-65(61)73)43-33-37-66-62(39-43)58-27-13-15-29-64(58)74(66)69-71-67(44-30-34-55-51-22-6-4-18-47(51)49-20-8-10-24-53(49)59(55)40-44)70-68(72-69)45-31-35-56-52-23-7-5-19-48(52)50-21-9-11-25-54(50)60(56)41-45/h1-12,14-26,28-41H,13,27H2. The van der Waals surface area contributed by atoms with Crippen LogP contribution < -0.4 is 0 Å². The van der Waals surface area contributed by atoms with E-state index in [1.807, 2.05) is 0 Å². The normalized spacial score (nSPS) is 12.7. The molecule has 74 heavy (non-hydrogen) atoms. The molecule has 1 aliphatic carbocycles. The number of aryl methyl sites for hydroxylation is 1. The maximum Gasteiger partial charge on any atom is 0.238 e. The van der Waals surface area contributed by atoms with Crippen LogP contribution in [0.2, 0.25) is 0 Å². The highest BCUT2D eigenvalue weighted by atomic mass is 15.2. The van der Waals surface area contributed by atoms with Gasteiger partial charge in [-0.15, -0.1) is 0 Å². The first-order valence-electron chi connectivity index (χ1n) is 25.6. The third-order valence-corrected chi connectivity index (χ3v) is 15.8. The zero-order chi connectivity index (χ0) is 48.4. The van der Waals surface area contributed by atoms with Crippen molar-refractivity contribution in [1.82, 2.24) is 24.1 Å². The van der Waals surface area contributed by atoms with Gasteiger partial charge in [0.2, 0.25) is 5.95 Å². The highest BCUT2D eigenvalue weighted by Gasteiger charge is 2.24. The molecule has 3 heterocycles. The summed E-state index contributed by atoms with van der Waals surface area (Å²) in [5, 5.41) is 18.3. The molecule has 0 radical (unpaired) electrons. The van der Waals surface area contributed by atoms with Gasteiger partial charge in [0.25, 0.3) is 0 Å². The fourth-order valence-electron chi connectivity index (χ4n) is 12.5. The Balaban J connectivity index is 0.918. The molecule has 5 heteroatoms. The Hall–Kier alpha value is -9.71. The number of allylic oxidation sites excluding steroid dienone is 1. The van der Waals surface area contributed by atoms with Gasteiger partial charge >= 0.3 is 0 Å². The van der Waals surface area contributed by atoms with Crippen molar-refractivity contribution in [1.29, 1.82) is 0 Å². The van der Waals surface area contributed by atoms with Crippen molar-refractivity contribution < 1.29 is 0 Å². The molecular weight excluding hydrogens is 899 g/mol. The van der Waals surface area contributed by atoms with Gasteiger partial charge in [-0.1, -0.05) is 176 Å². The van der Waals surface area contributed by atoms with Gasteiger partial charge in [-0.05, 0) is 155 Å². The van der Waals surface area contributed by atoms with Gasteiger partial charge in [0.1, 0.15) is 0 Å². The van der Waals surface area contributed by atoms with Gasteiger partial charge in [0.15, 0.2) is 11.6 Å². The molecule has 0 saturated heterocycles. The maximum atomic E-state index is 5.51. The van der Waals surface area contributed by atoms with Gasteiger partial charge < -0.3 is 4.57 Å². The Morgan fingerprint density at radius 2 is 0.703 bits per heavy atom. The van der Waals surface area contributed by atoms with Gasteiger partial charge in [0, 0.05) is 33.0 Å². The van der Waals surface area contributed by atoms with E-state index >= 15 is 0 Å². The van der Waals surface area contributed by atoms with E-state index in [-0.39, 0.29) is 0 Å². The molecule has 344 valence electrons. The van der Waals surface area contributed by atoms with E-state index in [9.17, 15) is 0 Å². The van der Waals surface area contributed by atoms with Crippen LogP contribution in [0.1, 0.15) is 17.7 Å². The summed E-state index contributed by atoms with van der Waals surface area (Å²) in [6.07, 6.45) is 6.45. The van der Waals surface area contributed by atoms with E-state index in [4.69, 9.17) is 15.0 Å². The highest BCUT2D eigenvalue weighted by molar-refractivity contribution is 6.27. The third kappa shape index (κ3) is 6.07. The quantitative estimate of drug-likeness (QED) is 0.162. The fraction of sp³-hybridized carbons (Fsp3) is 0.0290. The van der Waals surface area contributed by atoms with Crippen molar-refractivity contribution in [2.75, 3.05) is 0 Å². The first kappa shape index (κ1) is 41.0. The van der Waals surface area contributed by atoms with Crippen molar-refractivity contribution in [2.45, 2.75) is 12.8 Å². The Morgan fingerprint density at radius 3 is 1.24 bits per heavy atom. The second-order valence-electron chi connectivity index (χ2n) is 19.8. The summed E-state index contributed by atoms with van der Waals surface area (Å²) in [6.45, 7) is 0. The summed E-state index contributed by atoms with van der Waals surface area (Å²) in [7, 11) is 0. The van der Waals surface area contributed by atoms with Crippen LogP contribution in [0, 0.1) is 0 Å². The highest BCUT2D eigenvalue weighted by Crippen LogP contribution is 2.42. The van der Waals surface area contributed by atoms with Crippen LogP contribution >= 0.6 is 0 Å². The average molecular weight is 942 g/mol. The van der Waals surface area contributed by atoms with E-state index in [0.29, 0.717) is 17.6 Å². The van der Waals surface area contributed by atoms with E-state index < -0.39 is 0 Å². The van der Waals surface area contributed by atoms with Gasteiger partial charge in [-0.25, -0.2) is 4.98 Å². The third-order valence-electron chi connectivity index (χ3n) is 15.8. The first-order valence-corrected chi connectivity index (χ1v) is 25.6. The number of hydrogen-bond acceptors (Lipinski definition) is 3. The van der Waals surface area contributed by atoms with Gasteiger partial charge in [-0.3, -0.25) is 4.57 Å². The minimum absolute atomic E-state index is 0.595. The number of hydrogen-bond donors (Lipinski definition) is 0. The summed E-state index contributed by atoms with van der Waals surface area (Å²) in [6, 6.07) is 81.7. The predicted octanol–water partition coefficient (Wildman–Crippen LogP) is 17.8. The monoisotopic (exact) mass is 941 g/mol. The maximum absolute atomic E-state index is 5.51. The van der Waals surface area contributed by atoms with Crippen molar-refractivity contribution in [2.24, 2.45) is 0 Å². The SMILES string of the molecule is C1=Cc2c(c3cc(-c4ccc5c(c4)c4ccccc4n5-c4ccccc4)ccc3n2-c2nc(-c3ccc4c5ccccc5c5ccccc5c4c3)nc(-c3ccc4c5ccccc5c5ccccc5c4c3)n2)CC1. The van der Waals surface area contributed by atoms with Crippen LogP contribution in [-0.2, 0) is 6.42 Å². The number of rotatable bonds is 5. The number of nitrogens with zero attached hydrogens (tertiary/aromatic N) is 5. The minimum Gasteiger partial charge on any atom is -0.309 e. The molecule has 3 aromatic heterocycles. The molecule has 16 rings (SSSR count). The second-order valence-corrected chi connectivity index (χ2v) is 19.8. The zero-order valence-corrected chi connectivity index (χ0v) is 40.2. The summed E-state index contributed by atoms with van der Waals surface area (Å²) in [5.41, 5.74) is 11.3. The molecule has 0 bridgehead atoms. The molecule has 0 fully saturated rings. The molecule has 5 nitrogen and oxygen atoms in total. The number of benzene rings is 12. The largest absolute Gasteiger partial charge is 0.309 e. The van der Waals surface area contributed by atoms with Crippen LogP contribution in [-0.4, -0.2) is 24.1 Å². The van der Waals surface area contributed by atoms with Crippen LogP contribution in [0.25, 0.3) is 149 Å². The average Bonchev–Trinajstić information content (AvgIpc) is 4.03. The summed E-state index contributed by atoms with van der Waals surface area (Å²) in [5.74, 6) is 1.85. The molecule has 1 aliphatic rings. The minimum atomic E-state index is 0.595. The lowest BCUT2D eigenvalue weighted by Crippen LogP contribution is -2.08. The molecule has 0 amide bonds. The number of fused-ring (bicyclic) bond motifs is 18. The van der Waals surface area contributed by atoms with Crippen LogP contribution in [0.5, 0.6) is 0 Å². The Labute approximate surface area is 425 Å². The summed E-state index contributed by atoms with van der Waals surface area (Å²) >= 11 is 0. The first-order chi connectivity index (χ1) is 36.7. The van der Waals surface area contributed by atoms with Crippen LogP contribution in [0.4, 0.5) is 0 Å². The summed E-state index contributed by atoms with van der Waals surface area (Å²) < 4.78 is 4.66. The van der Waals surface area contributed by atoms with E-state index in [2.05, 4.69) is 246 Å². The van der Waals surface area contributed by atoms with E-state index in [1.165, 1.54) is 109 Å². The number of para-hydroxylation sites is 2. The second kappa shape index (κ2) is 15.9. The Kier molecular flexibility index (Phi) is 8.80. The van der Waals surface area contributed by atoms with Crippen molar-refractivity contribution >= 4 is 103 Å².